The summed E-state index contributed by atoms with van der Waals surface area (Å²) in [6.07, 6.45) is 3.96. The monoisotopic (exact) mass is 353 g/mol. The highest BCUT2D eigenvalue weighted by Crippen LogP contribution is 2.29. The number of hydrogen-bond acceptors (Lipinski definition) is 3. The molecule has 2 heterocycles. The normalized spacial score (nSPS) is 24.9. The fourth-order valence-corrected chi connectivity index (χ4v) is 2.78. The van der Waals surface area contributed by atoms with Crippen LogP contribution < -0.4 is 5.32 Å². The predicted octanol–water partition coefficient (Wildman–Crippen LogP) is 2.25. The lowest BCUT2D eigenvalue weighted by molar-refractivity contribution is -0.161. The van der Waals surface area contributed by atoms with Crippen LogP contribution in [0.2, 0.25) is 0 Å². The third-order valence-corrected chi connectivity index (χ3v) is 4.58. The Labute approximate surface area is 133 Å². The quantitative estimate of drug-likeness (QED) is 0.906. The molecule has 1 aliphatic rings. The van der Waals surface area contributed by atoms with E-state index in [2.05, 4.69) is 26.2 Å². The number of piperazine rings is 1. The molecule has 1 aromatic rings. The first-order valence-electron chi connectivity index (χ1n) is 6.95. The summed E-state index contributed by atoms with van der Waals surface area (Å²) in [5.74, 6) is -0.191. The van der Waals surface area contributed by atoms with Crippen LogP contribution in [0.3, 0.4) is 0 Å². The molecule has 1 saturated heterocycles. The summed E-state index contributed by atoms with van der Waals surface area (Å²) >= 11 is 3.37. The highest BCUT2D eigenvalue weighted by atomic mass is 79.9. The van der Waals surface area contributed by atoms with Crippen LogP contribution in [0.4, 0.5) is 0 Å². The molecule has 1 atom stereocenters. The zero-order chi connectivity index (χ0) is 15.8. The molecular weight excluding hydrogens is 334 g/mol. The van der Waals surface area contributed by atoms with Crippen LogP contribution in [0.25, 0.3) is 0 Å². The van der Waals surface area contributed by atoms with Crippen molar-refractivity contribution in [1.82, 2.24) is 15.2 Å². The average Bonchev–Trinajstić information content (AvgIpc) is 2.42. The van der Waals surface area contributed by atoms with Gasteiger partial charge in [0.2, 0.25) is 11.8 Å². The molecule has 1 aliphatic heterocycles. The molecule has 1 N–H and O–H groups in total. The topological polar surface area (TPSA) is 62.3 Å². The summed E-state index contributed by atoms with van der Waals surface area (Å²) < 4.78 is 0.852. The number of carbonyl (C=O) groups excluding carboxylic acids is 2. The molecule has 0 aromatic carbocycles. The Morgan fingerprint density at radius 3 is 2.52 bits per heavy atom. The first kappa shape index (κ1) is 15.9. The lowest BCUT2D eigenvalue weighted by Gasteiger charge is -2.48. The van der Waals surface area contributed by atoms with Crippen molar-refractivity contribution in [2.24, 2.45) is 0 Å². The summed E-state index contributed by atoms with van der Waals surface area (Å²) in [6, 6.07) is 1.91. The van der Waals surface area contributed by atoms with Gasteiger partial charge in [-0.2, -0.15) is 0 Å². The highest BCUT2D eigenvalue weighted by molar-refractivity contribution is 9.10. The largest absolute Gasteiger partial charge is 0.340 e. The van der Waals surface area contributed by atoms with Gasteiger partial charge in [0.15, 0.2) is 0 Å². The van der Waals surface area contributed by atoms with Gasteiger partial charge in [-0.1, -0.05) is 6.92 Å². The van der Waals surface area contributed by atoms with Gasteiger partial charge >= 0.3 is 0 Å². The number of rotatable bonds is 3. The average molecular weight is 354 g/mol. The minimum absolute atomic E-state index is 0.0606. The van der Waals surface area contributed by atoms with E-state index >= 15 is 0 Å². The Morgan fingerprint density at radius 2 is 1.95 bits per heavy atom. The summed E-state index contributed by atoms with van der Waals surface area (Å²) in [6.45, 7) is 7.56. The zero-order valence-corrected chi connectivity index (χ0v) is 14.3. The summed E-state index contributed by atoms with van der Waals surface area (Å²) in [5.41, 5.74) is -0.834. The van der Waals surface area contributed by atoms with E-state index in [0.717, 1.165) is 10.0 Å². The maximum atomic E-state index is 12.8. The number of carbonyl (C=O) groups is 2. The maximum Gasteiger partial charge on any atom is 0.249 e. The molecule has 114 valence electrons. The molecule has 21 heavy (non-hydrogen) atoms. The minimum atomic E-state index is -0.881. The van der Waals surface area contributed by atoms with Crippen LogP contribution in [-0.2, 0) is 16.1 Å². The predicted molar refractivity (Wildman–Crippen MR) is 83.4 cm³/mol. The van der Waals surface area contributed by atoms with Crippen molar-refractivity contribution < 1.29 is 9.59 Å². The van der Waals surface area contributed by atoms with Gasteiger partial charge in [0, 0.05) is 23.4 Å². The lowest BCUT2D eigenvalue weighted by atomic mass is 9.86. The van der Waals surface area contributed by atoms with Gasteiger partial charge in [0.05, 0.1) is 0 Å². The molecule has 2 rings (SSSR count). The second-order valence-corrected chi connectivity index (χ2v) is 7.02. The Kier molecular flexibility index (Phi) is 4.10. The summed E-state index contributed by atoms with van der Waals surface area (Å²) in [4.78, 5) is 30.9. The summed E-state index contributed by atoms with van der Waals surface area (Å²) in [7, 11) is 0. The number of nitrogens with one attached hydrogen (secondary N) is 1. The van der Waals surface area contributed by atoms with Gasteiger partial charge in [-0.25, -0.2) is 0 Å². The third-order valence-electron chi connectivity index (χ3n) is 4.15. The SMILES string of the molecule is CCC1(C)NC(=O)C(C)(C)N(Cc2cncc(Br)c2)C1=O. The molecule has 0 saturated carbocycles. The van der Waals surface area contributed by atoms with Crippen LogP contribution in [0.1, 0.15) is 39.7 Å². The van der Waals surface area contributed by atoms with Crippen LogP contribution in [0.5, 0.6) is 0 Å². The van der Waals surface area contributed by atoms with Crippen LogP contribution in [0, 0.1) is 0 Å². The Hall–Kier alpha value is -1.43. The lowest BCUT2D eigenvalue weighted by Crippen LogP contribution is -2.72. The standard InChI is InChI=1S/C15H20BrN3O2/c1-5-15(4)13(21)19(14(2,3)12(20)18-15)9-10-6-11(16)8-17-7-10/h6-8H,5,9H2,1-4H3,(H,18,20). The Balaban J connectivity index is 2.37. The van der Waals surface area contributed by atoms with E-state index in [1.165, 1.54) is 0 Å². The number of amides is 2. The number of halogens is 1. The van der Waals surface area contributed by atoms with E-state index in [4.69, 9.17) is 0 Å². The maximum absolute atomic E-state index is 12.8. The third kappa shape index (κ3) is 2.81. The van der Waals surface area contributed by atoms with Gasteiger partial charge in [0.25, 0.3) is 0 Å². The van der Waals surface area contributed by atoms with E-state index in [9.17, 15) is 9.59 Å². The summed E-state index contributed by atoms with van der Waals surface area (Å²) in [5, 5.41) is 2.85. The number of hydrogen-bond donors (Lipinski definition) is 1. The second kappa shape index (κ2) is 5.40. The van der Waals surface area contributed by atoms with Crippen molar-refractivity contribution in [3.63, 3.8) is 0 Å². The van der Waals surface area contributed by atoms with Crippen LogP contribution >= 0.6 is 15.9 Å². The molecule has 5 nitrogen and oxygen atoms in total. The number of aromatic nitrogens is 1. The van der Waals surface area contributed by atoms with Gasteiger partial charge < -0.3 is 10.2 Å². The second-order valence-electron chi connectivity index (χ2n) is 6.10. The van der Waals surface area contributed by atoms with Crippen molar-refractivity contribution in [3.05, 3.63) is 28.5 Å². The fourth-order valence-electron chi connectivity index (χ4n) is 2.37. The van der Waals surface area contributed by atoms with Crippen LogP contribution in [0.15, 0.2) is 22.9 Å². The van der Waals surface area contributed by atoms with E-state index in [0.29, 0.717) is 13.0 Å². The smallest absolute Gasteiger partial charge is 0.249 e. The zero-order valence-electron chi connectivity index (χ0n) is 12.7. The van der Waals surface area contributed by atoms with Gasteiger partial charge in [-0.3, -0.25) is 14.6 Å². The molecule has 0 bridgehead atoms. The first-order valence-corrected chi connectivity index (χ1v) is 7.74. The molecule has 1 aromatic heterocycles. The van der Waals surface area contributed by atoms with E-state index in [1.54, 1.807) is 38.1 Å². The molecule has 0 radical (unpaired) electrons. The highest BCUT2D eigenvalue weighted by Gasteiger charge is 2.51. The molecule has 0 spiro atoms. The molecule has 1 unspecified atom stereocenters. The molecule has 1 fully saturated rings. The number of nitrogens with zero attached hydrogens (tertiary/aromatic N) is 2. The van der Waals surface area contributed by atoms with E-state index in [-0.39, 0.29) is 11.8 Å². The van der Waals surface area contributed by atoms with Crippen molar-refractivity contribution in [2.75, 3.05) is 0 Å². The Morgan fingerprint density at radius 1 is 1.29 bits per heavy atom. The van der Waals surface area contributed by atoms with E-state index < -0.39 is 11.1 Å². The molecule has 0 aliphatic carbocycles. The Bertz CT molecular complexity index is 588. The van der Waals surface area contributed by atoms with Gasteiger partial charge in [0.1, 0.15) is 11.1 Å². The molecule has 2 amide bonds. The van der Waals surface area contributed by atoms with Crippen molar-refractivity contribution >= 4 is 27.7 Å². The van der Waals surface area contributed by atoms with Gasteiger partial charge in [-0.05, 0) is 54.8 Å². The van der Waals surface area contributed by atoms with Crippen molar-refractivity contribution in [3.8, 4) is 0 Å². The molecular formula is C15H20BrN3O2. The van der Waals surface area contributed by atoms with Crippen molar-refractivity contribution in [2.45, 2.75) is 51.7 Å². The number of pyridine rings is 1. The molecule has 6 heteroatoms. The minimum Gasteiger partial charge on any atom is -0.340 e. The van der Waals surface area contributed by atoms with Crippen molar-refractivity contribution in [1.29, 1.82) is 0 Å². The van der Waals surface area contributed by atoms with Gasteiger partial charge in [-0.15, -0.1) is 0 Å². The first-order chi connectivity index (χ1) is 9.70. The van der Waals surface area contributed by atoms with Crippen LogP contribution in [-0.4, -0.2) is 32.8 Å². The van der Waals surface area contributed by atoms with E-state index in [1.807, 2.05) is 13.0 Å². The fraction of sp³-hybridized carbons (Fsp3) is 0.533.